The zero-order valence-electron chi connectivity index (χ0n) is 9.13. The summed E-state index contributed by atoms with van der Waals surface area (Å²) in [6.07, 6.45) is 7.72. The molecule has 0 unspecified atom stereocenters. The number of imidazole rings is 1. The molecule has 2 rings (SSSR count). The lowest BCUT2D eigenvalue weighted by Gasteiger charge is -2.00. The SMILES string of the molecule is Cn1cnc(CCc2ccncc2)c1C=O. The van der Waals surface area contributed by atoms with E-state index in [4.69, 9.17) is 0 Å². The zero-order valence-corrected chi connectivity index (χ0v) is 9.13. The predicted octanol–water partition coefficient (Wildman–Crippen LogP) is 1.41. The number of carbonyl (C=O) groups excluding carboxylic acids is 1. The molecule has 16 heavy (non-hydrogen) atoms. The van der Waals surface area contributed by atoms with Crippen LogP contribution in [0, 0.1) is 0 Å². The van der Waals surface area contributed by atoms with Crippen LogP contribution in [0.5, 0.6) is 0 Å². The summed E-state index contributed by atoms with van der Waals surface area (Å²) < 4.78 is 1.74. The predicted molar refractivity (Wildman–Crippen MR) is 60.2 cm³/mol. The average molecular weight is 215 g/mol. The van der Waals surface area contributed by atoms with Crippen molar-refractivity contribution in [3.8, 4) is 0 Å². The first-order chi connectivity index (χ1) is 7.81. The molecule has 0 aliphatic heterocycles. The Morgan fingerprint density at radius 1 is 1.31 bits per heavy atom. The maximum absolute atomic E-state index is 10.8. The van der Waals surface area contributed by atoms with Gasteiger partial charge in [-0.15, -0.1) is 0 Å². The molecule has 82 valence electrons. The highest BCUT2D eigenvalue weighted by atomic mass is 16.1. The third kappa shape index (κ3) is 2.16. The second-order valence-corrected chi connectivity index (χ2v) is 3.66. The monoisotopic (exact) mass is 215 g/mol. The van der Waals surface area contributed by atoms with E-state index in [1.807, 2.05) is 19.2 Å². The largest absolute Gasteiger partial charge is 0.331 e. The van der Waals surface area contributed by atoms with Crippen molar-refractivity contribution in [3.63, 3.8) is 0 Å². The number of hydrogen-bond donors (Lipinski definition) is 0. The summed E-state index contributed by atoms with van der Waals surface area (Å²) in [5.74, 6) is 0. The average Bonchev–Trinajstić information content (AvgIpc) is 2.68. The minimum absolute atomic E-state index is 0.661. The molecule has 2 heterocycles. The van der Waals surface area contributed by atoms with Crippen LogP contribution >= 0.6 is 0 Å². The van der Waals surface area contributed by atoms with E-state index in [2.05, 4.69) is 9.97 Å². The van der Waals surface area contributed by atoms with Crippen LogP contribution in [0.3, 0.4) is 0 Å². The fourth-order valence-electron chi connectivity index (χ4n) is 1.64. The molecular formula is C12H13N3O. The molecular weight excluding hydrogens is 202 g/mol. The summed E-state index contributed by atoms with van der Waals surface area (Å²) in [5, 5.41) is 0. The van der Waals surface area contributed by atoms with E-state index in [-0.39, 0.29) is 0 Å². The zero-order chi connectivity index (χ0) is 11.4. The van der Waals surface area contributed by atoms with Gasteiger partial charge in [0, 0.05) is 19.4 Å². The van der Waals surface area contributed by atoms with Gasteiger partial charge in [-0.1, -0.05) is 0 Å². The standard InChI is InChI=1S/C12H13N3O/c1-15-9-14-11(12(15)8-16)3-2-10-4-6-13-7-5-10/h4-9H,2-3H2,1H3. The number of carbonyl (C=O) groups is 1. The van der Waals surface area contributed by atoms with Gasteiger partial charge in [-0.2, -0.15) is 0 Å². The van der Waals surface area contributed by atoms with Gasteiger partial charge in [-0.25, -0.2) is 4.98 Å². The number of pyridine rings is 1. The van der Waals surface area contributed by atoms with Crippen LogP contribution in [0.15, 0.2) is 30.9 Å². The second-order valence-electron chi connectivity index (χ2n) is 3.66. The Morgan fingerprint density at radius 2 is 2.06 bits per heavy atom. The first kappa shape index (κ1) is 10.5. The Labute approximate surface area is 94.0 Å². The smallest absolute Gasteiger partial charge is 0.168 e. The van der Waals surface area contributed by atoms with Gasteiger partial charge in [0.25, 0.3) is 0 Å². The molecule has 0 bridgehead atoms. The maximum atomic E-state index is 10.8. The Kier molecular flexibility index (Phi) is 3.10. The molecule has 0 amide bonds. The van der Waals surface area contributed by atoms with Gasteiger partial charge in [-0.3, -0.25) is 9.78 Å². The van der Waals surface area contributed by atoms with Gasteiger partial charge in [-0.05, 0) is 30.5 Å². The molecule has 2 aromatic rings. The van der Waals surface area contributed by atoms with Gasteiger partial charge in [0.15, 0.2) is 6.29 Å². The van der Waals surface area contributed by atoms with Crippen LogP contribution in [0.1, 0.15) is 21.7 Å². The molecule has 0 saturated heterocycles. The van der Waals surface area contributed by atoms with E-state index in [1.54, 1.807) is 23.3 Å². The Hall–Kier alpha value is -1.97. The molecule has 4 nitrogen and oxygen atoms in total. The van der Waals surface area contributed by atoms with Crippen molar-refractivity contribution in [1.82, 2.24) is 14.5 Å². The van der Waals surface area contributed by atoms with Crippen molar-refractivity contribution in [2.24, 2.45) is 7.05 Å². The van der Waals surface area contributed by atoms with Crippen LogP contribution < -0.4 is 0 Å². The van der Waals surface area contributed by atoms with Gasteiger partial charge in [0.2, 0.25) is 0 Å². The lowest BCUT2D eigenvalue weighted by Crippen LogP contribution is -1.99. The van der Waals surface area contributed by atoms with Crippen molar-refractivity contribution in [3.05, 3.63) is 47.8 Å². The fourth-order valence-corrected chi connectivity index (χ4v) is 1.64. The van der Waals surface area contributed by atoms with Crippen LogP contribution in [-0.4, -0.2) is 20.8 Å². The third-order valence-corrected chi connectivity index (χ3v) is 2.57. The first-order valence-electron chi connectivity index (χ1n) is 5.15. The minimum Gasteiger partial charge on any atom is -0.331 e. The van der Waals surface area contributed by atoms with Crippen molar-refractivity contribution in [2.75, 3.05) is 0 Å². The molecule has 4 heteroatoms. The summed E-state index contributed by atoms with van der Waals surface area (Å²) in [6, 6.07) is 3.95. The Morgan fingerprint density at radius 3 is 2.75 bits per heavy atom. The summed E-state index contributed by atoms with van der Waals surface area (Å²) in [4.78, 5) is 19.0. The third-order valence-electron chi connectivity index (χ3n) is 2.57. The molecule has 0 aromatic carbocycles. The van der Waals surface area contributed by atoms with E-state index in [1.165, 1.54) is 5.56 Å². The highest BCUT2D eigenvalue weighted by Gasteiger charge is 2.07. The van der Waals surface area contributed by atoms with Crippen molar-refractivity contribution < 1.29 is 4.79 Å². The van der Waals surface area contributed by atoms with E-state index < -0.39 is 0 Å². The van der Waals surface area contributed by atoms with Crippen LogP contribution in [0.2, 0.25) is 0 Å². The number of aromatic nitrogens is 3. The fraction of sp³-hybridized carbons (Fsp3) is 0.250. The van der Waals surface area contributed by atoms with Gasteiger partial charge < -0.3 is 4.57 Å². The second kappa shape index (κ2) is 4.70. The summed E-state index contributed by atoms with van der Waals surface area (Å²) in [5.41, 5.74) is 2.72. The Bertz CT molecular complexity index is 476. The maximum Gasteiger partial charge on any atom is 0.168 e. The topological polar surface area (TPSA) is 47.8 Å². The minimum atomic E-state index is 0.661. The lowest BCUT2D eigenvalue weighted by atomic mass is 10.1. The first-order valence-corrected chi connectivity index (χ1v) is 5.15. The molecule has 0 saturated carbocycles. The number of rotatable bonds is 4. The number of aryl methyl sites for hydroxylation is 3. The van der Waals surface area contributed by atoms with Crippen molar-refractivity contribution in [2.45, 2.75) is 12.8 Å². The normalized spacial score (nSPS) is 10.3. The molecule has 0 radical (unpaired) electrons. The molecule has 0 fully saturated rings. The van der Waals surface area contributed by atoms with Crippen molar-refractivity contribution >= 4 is 6.29 Å². The number of aldehydes is 1. The summed E-state index contributed by atoms with van der Waals surface area (Å²) >= 11 is 0. The molecule has 0 atom stereocenters. The van der Waals surface area contributed by atoms with Gasteiger partial charge in [0.05, 0.1) is 12.0 Å². The Balaban J connectivity index is 2.08. The number of hydrogen-bond acceptors (Lipinski definition) is 3. The van der Waals surface area contributed by atoms with E-state index >= 15 is 0 Å². The van der Waals surface area contributed by atoms with E-state index in [0.29, 0.717) is 5.69 Å². The molecule has 0 aliphatic carbocycles. The van der Waals surface area contributed by atoms with Crippen LogP contribution in [-0.2, 0) is 19.9 Å². The summed E-state index contributed by atoms with van der Waals surface area (Å²) in [6.45, 7) is 0. The number of nitrogens with zero attached hydrogens (tertiary/aromatic N) is 3. The summed E-state index contributed by atoms with van der Waals surface area (Å²) in [7, 11) is 1.83. The molecule has 2 aromatic heterocycles. The van der Waals surface area contributed by atoms with Crippen LogP contribution in [0.4, 0.5) is 0 Å². The van der Waals surface area contributed by atoms with E-state index in [0.717, 1.165) is 24.8 Å². The van der Waals surface area contributed by atoms with Crippen molar-refractivity contribution in [1.29, 1.82) is 0 Å². The van der Waals surface area contributed by atoms with E-state index in [9.17, 15) is 4.79 Å². The van der Waals surface area contributed by atoms with Gasteiger partial charge in [0.1, 0.15) is 5.69 Å². The molecule has 0 spiro atoms. The van der Waals surface area contributed by atoms with Gasteiger partial charge >= 0.3 is 0 Å². The molecule has 0 aliphatic rings. The van der Waals surface area contributed by atoms with Crippen LogP contribution in [0.25, 0.3) is 0 Å². The highest BCUT2D eigenvalue weighted by Crippen LogP contribution is 2.08. The molecule has 0 N–H and O–H groups in total. The quantitative estimate of drug-likeness (QED) is 0.724. The lowest BCUT2D eigenvalue weighted by molar-refractivity contribution is 0.111. The highest BCUT2D eigenvalue weighted by molar-refractivity contribution is 5.73.